The van der Waals surface area contributed by atoms with Gasteiger partial charge in [-0.05, 0) is 19.1 Å². The number of benzene rings is 2. The Kier molecular flexibility index (Phi) is 3.72. The Morgan fingerprint density at radius 1 is 0.826 bits per heavy atom. The van der Waals surface area contributed by atoms with Crippen LogP contribution < -0.4 is 0 Å². The summed E-state index contributed by atoms with van der Waals surface area (Å²) in [5.74, 6) is -0.355. The van der Waals surface area contributed by atoms with Crippen molar-refractivity contribution in [3.8, 4) is 22.6 Å². The van der Waals surface area contributed by atoms with Crippen molar-refractivity contribution in [2.24, 2.45) is 0 Å². The fourth-order valence-corrected chi connectivity index (χ4v) is 2.24. The molecule has 0 spiro atoms. The zero-order chi connectivity index (χ0) is 16.6. The van der Waals surface area contributed by atoms with E-state index in [9.17, 15) is 17.6 Å². The molecule has 0 aliphatic rings. The van der Waals surface area contributed by atoms with Crippen LogP contribution in [0.4, 0.5) is 17.6 Å². The number of halogens is 4. The van der Waals surface area contributed by atoms with E-state index >= 15 is 0 Å². The molecule has 0 aliphatic heterocycles. The first kappa shape index (κ1) is 15.3. The number of alkyl halides is 3. The van der Waals surface area contributed by atoms with Gasteiger partial charge in [0.25, 0.3) is 0 Å². The van der Waals surface area contributed by atoms with Crippen LogP contribution in [-0.4, -0.2) is 0 Å². The predicted molar refractivity (Wildman–Crippen MR) is 79.3 cm³/mol. The maximum Gasteiger partial charge on any atom is 0.416 e. The molecule has 1 heterocycles. The Morgan fingerprint density at radius 2 is 1.39 bits per heavy atom. The predicted octanol–water partition coefficient (Wildman–Crippen LogP) is 6.08. The molecule has 23 heavy (non-hydrogen) atoms. The van der Waals surface area contributed by atoms with Gasteiger partial charge in [0.2, 0.25) is 0 Å². The zero-order valence-corrected chi connectivity index (χ0v) is 12.1. The fourth-order valence-electron chi connectivity index (χ4n) is 2.24. The zero-order valence-electron chi connectivity index (χ0n) is 12.1. The quantitative estimate of drug-likeness (QED) is 0.522. The summed E-state index contributed by atoms with van der Waals surface area (Å²) in [6.45, 7) is 1.93. The van der Waals surface area contributed by atoms with Crippen molar-refractivity contribution in [1.29, 1.82) is 0 Å². The van der Waals surface area contributed by atoms with Crippen molar-refractivity contribution >= 4 is 0 Å². The highest BCUT2D eigenvalue weighted by Crippen LogP contribution is 2.34. The SMILES string of the molecule is Cc1ccc(-c2cc(F)c(-c3ccc(C(F)(F)F)cc3)o2)cc1. The van der Waals surface area contributed by atoms with Crippen LogP contribution in [0.1, 0.15) is 11.1 Å². The van der Waals surface area contributed by atoms with Gasteiger partial charge >= 0.3 is 6.18 Å². The van der Waals surface area contributed by atoms with Gasteiger partial charge in [-0.2, -0.15) is 13.2 Å². The van der Waals surface area contributed by atoms with Gasteiger partial charge in [-0.1, -0.05) is 42.0 Å². The van der Waals surface area contributed by atoms with Crippen LogP contribution in [0, 0.1) is 12.7 Å². The normalized spacial score (nSPS) is 11.7. The summed E-state index contributed by atoms with van der Waals surface area (Å²) in [6.07, 6.45) is -4.42. The van der Waals surface area contributed by atoms with Gasteiger partial charge in [-0.15, -0.1) is 0 Å². The lowest BCUT2D eigenvalue weighted by Gasteiger charge is -2.06. The Bertz CT molecular complexity index is 812. The van der Waals surface area contributed by atoms with Crippen LogP contribution in [0.2, 0.25) is 0 Å². The van der Waals surface area contributed by atoms with Crippen LogP contribution >= 0.6 is 0 Å². The number of hydrogen-bond donors (Lipinski definition) is 0. The van der Waals surface area contributed by atoms with Crippen molar-refractivity contribution in [1.82, 2.24) is 0 Å². The van der Waals surface area contributed by atoms with E-state index < -0.39 is 17.6 Å². The number of hydrogen-bond acceptors (Lipinski definition) is 1. The van der Waals surface area contributed by atoms with E-state index in [1.807, 2.05) is 19.1 Å². The molecule has 5 heteroatoms. The largest absolute Gasteiger partial charge is 0.453 e. The van der Waals surface area contributed by atoms with Gasteiger partial charge in [-0.25, -0.2) is 4.39 Å². The average molecular weight is 320 g/mol. The highest BCUT2D eigenvalue weighted by molar-refractivity contribution is 5.65. The first-order chi connectivity index (χ1) is 10.8. The second kappa shape index (κ2) is 5.57. The molecule has 0 bridgehead atoms. The summed E-state index contributed by atoms with van der Waals surface area (Å²) in [4.78, 5) is 0. The lowest BCUT2D eigenvalue weighted by Crippen LogP contribution is -2.03. The standard InChI is InChI=1S/C18H12F4O/c1-11-2-4-12(5-3-11)16-10-15(19)17(23-16)13-6-8-14(9-7-13)18(20,21)22/h2-10H,1H3. The van der Waals surface area contributed by atoms with Crippen LogP contribution in [0.25, 0.3) is 22.6 Å². The molecule has 3 rings (SSSR count). The molecule has 0 N–H and O–H groups in total. The summed E-state index contributed by atoms with van der Waals surface area (Å²) in [5, 5.41) is 0. The van der Waals surface area contributed by atoms with Crippen molar-refractivity contribution in [2.75, 3.05) is 0 Å². The maximum atomic E-state index is 14.1. The van der Waals surface area contributed by atoms with Gasteiger partial charge in [0.15, 0.2) is 11.6 Å². The Labute approximate surface area is 130 Å². The summed E-state index contributed by atoms with van der Waals surface area (Å²) in [6, 6.07) is 12.8. The molecular formula is C18H12F4O. The Hall–Kier alpha value is -2.56. The van der Waals surface area contributed by atoms with E-state index in [2.05, 4.69) is 0 Å². The maximum absolute atomic E-state index is 14.1. The van der Waals surface area contributed by atoms with E-state index in [1.165, 1.54) is 18.2 Å². The molecule has 1 aromatic heterocycles. The second-order valence-corrected chi connectivity index (χ2v) is 5.23. The molecule has 0 unspecified atom stereocenters. The number of aryl methyl sites for hydroxylation is 1. The molecule has 1 nitrogen and oxygen atoms in total. The lowest BCUT2D eigenvalue weighted by atomic mass is 10.1. The molecule has 0 atom stereocenters. The molecule has 0 saturated carbocycles. The van der Waals surface area contributed by atoms with E-state index in [0.29, 0.717) is 11.3 Å². The van der Waals surface area contributed by atoms with Gasteiger partial charge in [0.05, 0.1) is 5.56 Å². The third kappa shape index (κ3) is 3.13. The van der Waals surface area contributed by atoms with Crippen LogP contribution in [-0.2, 0) is 6.18 Å². The van der Waals surface area contributed by atoms with E-state index in [1.54, 1.807) is 12.1 Å². The first-order valence-corrected chi connectivity index (χ1v) is 6.88. The third-order valence-electron chi connectivity index (χ3n) is 3.50. The van der Waals surface area contributed by atoms with Crippen LogP contribution in [0.15, 0.2) is 59.0 Å². The van der Waals surface area contributed by atoms with Gasteiger partial charge in [-0.3, -0.25) is 0 Å². The van der Waals surface area contributed by atoms with Crippen molar-refractivity contribution in [2.45, 2.75) is 13.1 Å². The van der Waals surface area contributed by atoms with Crippen LogP contribution in [0.3, 0.4) is 0 Å². The van der Waals surface area contributed by atoms with Gasteiger partial charge in [0, 0.05) is 17.2 Å². The summed E-state index contributed by atoms with van der Waals surface area (Å²) in [5.41, 5.74) is 1.23. The smallest absolute Gasteiger partial charge is 0.416 e. The van der Waals surface area contributed by atoms with Crippen molar-refractivity contribution < 1.29 is 22.0 Å². The molecule has 0 amide bonds. The molecule has 2 aromatic carbocycles. The second-order valence-electron chi connectivity index (χ2n) is 5.23. The third-order valence-corrected chi connectivity index (χ3v) is 3.50. The molecule has 0 saturated heterocycles. The summed E-state index contributed by atoms with van der Waals surface area (Å²) in [7, 11) is 0. The average Bonchev–Trinajstić information content (AvgIpc) is 2.89. The minimum absolute atomic E-state index is 0.0747. The fraction of sp³-hybridized carbons (Fsp3) is 0.111. The molecule has 3 aromatic rings. The van der Waals surface area contributed by atoms with Crippen LogP contribution in [0.5, 0.6) is 0 Å². The molecule has 118 valence electrons. The first-order valence-electron chi connectivity index (χ1n) is 6.88. The minimum Gasteiger partial charge on any atom is -0.453 e. The van der Waals surface area contributed by atoms with Crippen molar-refractivity contribution in [3.63, 3.8) is 0 Å². The minimum atomic E-state index is -4.42. The van der Waals surface area contributed by atoms with Crippen molar-refractivity contribution in [3.05, 3.63) is 71.5 Å². The highest BCUT2D eigenvalue weighted by Gasteiger charge is 2.30. The van der Waals surface area contributed by atoms with Gasteiger partial charge in [0.1, 0.15) is 5.76 Å². The highest BCUT2D eigenvalue weighted by atomic mass is 19.4. The van der Waals surface area contributed by atoms with Gasteiger partial charge < -0.3 is 4.42 Å². The Balaban J connectivity index is 1.96. The summed E-state index contributed by atoms with van der Waals surface area (Å²) < 4.78 is 57.3. The number of rotatable bonds is 2. The van der Waals surface area contributed by atoms with E-state index in [0.717, 1.165) is 17.7 Å². The van der Waals surface area contributed by atoms with E-state index in [4.69, 9.17) is 4.42 Å². The topological polar surface area (TPSA) is 13.1 Å². The molecule has 0 aliphatic carbocycles. The molecule has 0 radical (unpaired) electrons. The molecule has 0 fully saturated rings. The monoisotopic (exact) mass is 320 g/mol. The lowest BCUT2D eigenvalue weighted by molar-refractivity contribution is -0.137. The summed E-state index contributed by atoms with van der Waals surface area (Å²) >= 11 is 0. The molecular weight excluding hydrogens is 308 g/mol. The van der Waals surface area contributed by atoms with E-state index in [-0.39, 0.29) is 11.3 Å². The number of furan rings is 1. The Morgan fingerprint density at radius 3 is 1.96 bits per heavy atom.